The van der Waals surface area contributed by atoms with Crippen LogP contribution < -0.4 is 16.5 Å². The van der Waals surface area contributed by atoms with Crippen LogP contribution in [0.5, 0.6) is 5.75 Å². The number of halogens is 1. The van der Waals surface area contributed by atoms with Crippen molar-refractivity contribution in [1.82, 2.24) is 10.2 Å². The van der Waals surface area contributed by atoms with Gasteiger partial charge in [-0.1, -0.05) is 0 Å². The van der Waals surface area contributed by atoms with Crippen molar-refractivity contribution in [3.63, 3.8) is 0 Å². The number of benzene rings is 1. The molecule has 1 saturated heterocycles. The van der Waals surface area contributed by atoms with Crippen LogP contribution in [0.4, 0.5) is 10.1 Å². The van der Waals surface area contributed by atoms with Crippen molar-refractivity contribution in [3.8, 4) is 5.75 Å². The molecule has 2 aliphatic heterocycles. The highest BCUT2D eigenvalue weighted by Gasteiger charge is 2.51. The smallest absolute Gasteiger partial charge is 0.279 e. The Hall–Kier alpha value is -2.62. The van der Waals surface area contributed by atoms with E-state index < -0.39 is 46.2 Å². The Morgan fingerprint density at radius 3 is 2.61 bits per heavy atom. The molecule has 0 unspecified atom stereocenters. The summed E-state index contributed by atoms with van der Waals surface area (Å²) in [5, 5.41) is 22.1. The van der Waals surface area contributed by atoms with Crippen molar-refractivity contribution in [2.24, 2.45) is 0 Å². The Morgan fingerprint density at radius 1 is 1.35 bits per heavy atom. The number of aromatic hydroxyl groups is 1. The lowest BCUT2D eigenvalue weighted by molar-refractivity contribution is -0.167. The van der Waals surface area contributed by atoms with E-state index in [4.69, 9.17) is 13.6 Å². The van der Waals surface area contributed by atoms with Gasteiger partial charge in [-0.25, -0.2) is 4.39 Å². The number of hydrogen-bond acceptors (Lipinski definition) is 6. The molecule has 3 rings (SSSR count). The van der Waals surface area contributed by atoms with Crippen LogP contribution in [0.3, 0.4) is 0 Å². The number of piperidine rings is 1. The Bertz CT molecular complexity index is 784. The molecule has 3 amide bonds. The largest absolute Gasteiger partial charge is 0.503 e. The lowest BCUT2D eigenvalue weighted by Crippen LogP contribution is -2.63. The first-order valence-corrected chi connectivity index (χ1v) is 6.65. The number of nitrogens with zero attached hydrogens (tertiary/aromatic N) is 1. The number of hydrogen-bond donors (Lipinski definition) is 4. The van der Waals surface area contributed by atoms with Gasteiger partial charge in [-0.05, 0) is 5.46 Å². The van der Waals surface area contributed by atoms with Crippen LogP contribution >= 0.6 is 0 Å². The first kappa shape index (κ1) is 15.3. The van der Waals surface area contributed by atoms with Gasteiger partial charge in [0.2, 0.25) is 11.6 Å². The first-order chi connectivity index (χ1) is 10.7. The van der Waals surface area contributed by atoms with E-state index in [0.717, 1.165) is 4.90 Å². The van der Waals surface area contributed by atoms with E-state index in [1.54, 1.807) is 0 Å². The van der Waals surface area contributed by atoms with Crippen molar-refractivity contribution >= 4 is 36.7 Å². The van der Waals surface area contributed by atoms with Crippen molar-refractivity contribution in [1.29, 1.82) is 0 Å². The molecule has 0 aliphatic carbocycles. The first-order valence-electron chi connectivity index (χ1n) is 6.65. The fourth-order valence-corrected chi connectivity index (χ4v) is 2.82. The molecule has 0 aromatic heterocycles. The highest BCUT2D eigenvalue weighted by Crippen LogP contribution is 2.38. The second-order valence-corrected chi connectivity index (χ2v) is 5.43. The van der Waals surface area contributed by atoms with Gasteiger partial charge in [0.25, 0.3) is 11.8 Å². The fraction of sp³-hybridized carbons (Fsp3) is 0.308. The molecule has 10 heteroatoms. The van der Waals surface area contributed by atoms with Crippen LogP contribution in [-0.4, -0.2) is 46.4 Å². The number of carbonyl (C=O) groups excluding carboxylic acids is 3. The number of carbonyl (C=O) groups is 3. The third-order valence-electron chi connectivity index (χ3n) is 4.13. The molecule has 5 N–H and O–H groups in total. The minimum absolute atomic E-state index is 0.0181. The minimum atomic E-state index is -2.28. The van der Waals surface area contributed by atoms with Crippen LogP contribution in [0.1, 0.15) is 28.8 Å². The molecular weight excluding hydrogens is 308 g/mol. The second kappa shape index (κ2) is 4.69. The molecule has 2 heterocycles. The van der Waals surface area contributed by atoms with Gasteiger partial charge in [0.15, 0.2) is 11.6 Å². The molecule has 0 saturated carbocycles. The molecule has 2 radical (unpaired) electrons. The number of amides is 3. The van der Waals surface area contributed by atoms with Crippen molar-refractivity contribution in [2.45, 2.75) is 25.1 Å². The molecule has 2 aliphatic rings. The number of phenols is 1. The minimum Gasteiger partial charge on any atom is -0.503 e. The lowest BCUT2D eigenvalue weighted by Gasteiger charge is -2.37. The van der Waals surface area contributed by atoms with Gasteiger partial charge in [-0.3, -0.25) is 24.6 Å². The number of phenolic OH excluding ortho intramolecular Hbond substituents is 1. The third kappa shape index (κ3) is 1.91. The van der Waals surface area contributed by atoms with Gasteiger partial charge in [0, 0.05) is 24.0 Å². The van der Waals surface area contributed by atoms with Crippen molar-refractivity contribution in [3.05, 3.63) is 16.9 Å². The van der Waals surface area contributed by atoms with Crippen LogP contribution in [0.15, 0.2) is 0 Å². The monoisotopic (exact) mass is 319 g/mol. The standard InChI is InChI=1S/C13H11BFN3O5/c14-7-6-4(9(16)10(20)8(7)15)3-18(11(6)21)13(23)2-1-5(19)17-12(13)22/h20,23H,1-3,16H2,(H,17,19,22)/t13-/m1/s1. The van der Waals surface area contributed by atoms with E-state index in [0.29, 0.717) is 0 Å². The van der Waals surface area contributed by atoms with E-state index in [-0.39, 0.29) is 30.5 Å². The molecule has 1 fully saturated rings. The van der Waals surface area contributed by atoms with Gasteiger partial charge < -0.3 is 15.9 Å². The second-order valence-electron chi connectivity index (χ2n) is 5.43. The normalized spacial score (nSPS) is 23.9. The molecule has 1 aromatic rings. The van der Waals surface area contributed by atoms with E-state index >= 15 is 0 Å². The number of nitrogens with two attached hydrogens (primary N) is 1. The van der Waals surface area contributed by atoms with Gasteiger partial charge >= 0.3 is 0 Å². The average molecular weight is 319 g/mol. The Balaban J connectivity index is 2.08. The number of anilines is 1. The zero-order valence-corrected chi connectivity index (χ0v) is 11.7. The number of fused-ring (bicyclic) bond motifs is 1. The molecule has 1 aromatic carbocycles. The highest BCUT2D eigenvalue weighted by atomic mass is 19.1. The van der Waals surface area contributed by atoms with Crippen LogP contribution in [0, 0.1) is 5.82 Å². The SMILES string of the molecule is [B]c1c(F)c(O)c(N)c2c1C(=O)N([C@@]1(O)CCC(=O)NC1=O)C2. The zero-order valence-electron chi connectivity index (χ0n) is 11.7. The van der Waals surface area contributed by atoms with Crippen LogP contribution in [0.25, 0.3) is 0 Å². The summed E-state index contributed by atoms with van der Waals surface area (Å²) in [7, 11) is 5.51. The highest BCUT2D eigenvalue weighted by molar-refractivity contribution is 6.38. The summed E-state index contributed by atoms with van der Waals surface area (Å²) in [5.41, 5.74) is 2.02. The van der Waals surface area contributed by atoms with E-state index in [1.807, 2.05) is 5.32 Å². The quantitative estimate of drug-likeness (QED) is 0.205. The maximum atomic E-state index is 13.8. The van der Waals surface area contributed by atoms with Crippen molar-refractivity contribution in [2.75, 3.05) is 5.73 Å². The Morgan fingerprint density at radius 2 is 2.00 bits per heavy atom. The molecule has 118 valence electrons. The summed E-state index contributed by atoms with van der Waals surface area (Å²) in [5.74, 6) is -4.68. The van der Waals surface area contributed by atoms with Crippen LogP contribution in [0.2, 0.25) is 0 Å². The molecule has 1 atom stereocenters. The summed E-state index contributed by atoms with van der Waals surface area (Å²) in [6, 6.07) is 0. The third-order valence-corrected chi connectivity index (χ3v) is 4.13. The van der Waals surface area contributed by atoms with Gasteiger partial charge in [0.05, 0.1) is 12.2 Å². The number of nitrogen functional groups attached to an aromatic ring is 1. The molecule has 8 nitrogen and oxygen atoms in total. The van der Waals surface area contributed by atoms with E-state index in [9.17, 15) is 29.0 Å². The predicted octanol–water partition coefficient (Wildman–Crippen LogP) is -2.01. The maximum Gasteiger partial charge on any atom is 0.279 e. The van der Waals surface area contributed by atoms with Gasteiger partial charge in [-0.15, -0.1) is 0 Å². The topological polar surface area (TPSA) is 133 Å². The summed E-state index contributed by atoms with van der Waals surface area (Å²) in [6.45, 7) is -0.351. The molecule has 0 bridgehead atoms. The summed E-state index contributed by atoms with van der Waals surface area (Å²) in [6.07, 6.45) is -0.487. The maximum absolute atomic E-state index is 13.8. The predicted molar refractivity (Wildman–Crippen MR) is 75.1 cm³/mol. The van der Waals surface area contributed by atoms with Crippen molar-refractivity contribution < 1.29 is 29.0 Å². The lowest BCUT2D eigenvalue weighted by atomic mass is 9.86. The molecular formula is C13H11BFN3O5. The number of nitrogens with one attached hydrogen (secondary N) is 1. The Kier molecular flexibility index (Phi) is 3.12. The number of imide groups is 1. The zero-order chi connectivity index (χ0) is 17.1. The molecule has 0 spiro atoms. The fourth-order valence-electron chi connectivity index (χ4n) is 2.82. The van der Waals surface area contributed by atoms with E-state index in [2.05, 4.69) is 0 Å². The summed E-state index contributed by atoms with van der Waals surface area (Å²) >= 11 is 0. The summed E-state index contributed by atoms with van der Waals surface area (Å²) in [4.78, 5) is 36.4. The summed E-state index contributed by atoms with van der Waals surface area (Å²) < 4.78 is 13.8. The van der Waals surface area contributed by atoms with Crippen LogP contribution in [-0.2, 0) is 16.1 Å². The van der Waals surface area contributed by atoms with Gasteiger partial charge in [0.1, 0.15) is 7.85 Å². The average Bonchev–Trinajstić information content (AvgIpc) is 2.85. The number of rotatable bonds is 1. The van der Waals surface area contributed by atoms with Gasteiger partial charge in [-0.2, -0.15) is 0 Å². The number of aliphatic hydroxyl groups is 1. The van der Waals surface area contributed by atoms with E-state index in [1.165, 1.54) is 0 Å². The molecule has 23 heavy (non-hydrogen) atoms. The Labute approximate surface area is 130 Å².